The first-order chi connectivity index (χ1) is 10.1. The van der Waals surface area contributed by atoms with Gasteiger partial charge in [-0.1, -0.05) is 12.1 Å². The predicted molar refractivity (Wildman–Crippen MR) is 74.5 cm³/mol. The van der Waals surface area contributed by atoms with Crippen molar-refractivity contribution in [2.75, 3.05) is 11.4 Å². The van der Waals surface area contributed by atoms with E-state index in [1.165, 1.54) is 11.0 Å². The van der Waals surface area contributed by atoms with Crippen molar-refractivity contribution in [3.05, 3.63) is 59.2 Å². The Morgan fingerprint density at radius 3 is 2.81 bits per heavy atom. The number of halogens is 2. The normalized spacial score (nSPS) is 13.9. The molecule has 0 aliphatic carbocycles. The molecule has 5 heteroatoms. The van der Waals surface area contributed by atoms with E-state index in [4.69, 9.17) is 0 Å². The molecule has 108 valence electrons. The van der Waals surface area contributed by atoms with Crippen molar-refractivity contribution in [1.82, 2.24) is 0 Å². The largest absolute Gasteiger partial charge is 0.506 e. The van der Waals surface area contributed by atoms with Gasteiger partial charge in [-0.05, 0) is 42.7 Å². The van der Waals surface area contributed by atoms with E-state index in [1.54, 1.807) is 6.07 Å². The number of aromatic hydroxyl groups is 1. The molecule has 0 atom stereocenters. The zero-order valence-electron chi connectivity index (χ0n) is 11.1. The van der Waals surface area contributed by atoms with E-state index in [0.717, 1.165) is 30.2 Å². The van der Waals surface area contributed by atoms with Gasteiger partial charge in [-0.3, -0.25) is 4.79 Å². The van der Waals surface area contributed by atoms with Crippen LogP contribution in [-0.4, -0.2) is 17.6 Å². The van der Waals surface area contributed by atoms with Crippen LogP contribution in [0.4, 0.5) is 14.5 Å². The van der Waals surface area contributed by atoms with Crippen LogP contribution in [0.1, 0.15) is 22.3 Å². The Bertz CT molecular complexity index is 715. The van der Waals surface area contributed by atoms with Gasteiger partial charge in [0.25, 0.3) is 5.91 Å². The van der Waals surface area contributed by atoms with Crippen molar-refractivity contribution in [2.45, 2.75) is 12.8 Å². The fraction of sp³-hybridized carbons (Fsp3) is 0.188. The lowest BCUT2D eigenvalue weighted by Gasteiger charge is -2.30. The first-order valence-corrected chi connectivity index (χ1v) is 6.65. The van der Waals surface area contributed by atoms with Crippen molar-refractivity contribution in [3.8, 4) is 5.75 Å². The lowest BCUT2D eigenvalue weighted by atomic mass is 10.00. The van der Waals surface area contributed by atoms with Gasteiger partial charge in [0.05, 0.1) is 11.3 Å². The van der Waals surface area contributed by atoms with Gasteiger partial charge in [-0.25, -0.2) is 8.78 Å². The molecule has 2 aromatic rings. The molecule has 2 aromatic carbocycles. The van der Waals surface area contributed by atoms with Gasteiger partial charge < -0.3 is 10.0 Å². The van der Waals surface area contributed by atoms with Gasteiger partial charge >= 0.3 is 0 Å². The average molecular weight is 289 g/mol. The summed E-state index contributed by atoms with van der Waals surface area (Å²) in [7, 11) is 0. The molecule has 1 heterocycles. The van der Waals surface area contributed by atoms with Crippen molar-refractivity contribution < 1.29 is 18.7 Å². The van der Waals surface area contributed by atoms with Crippen molar-refractivity contribution >= 4 is 11.6 Å². The third-order valence-corrected chi connectivity index (χ3v) is 3.60. The number of benzene rings is 2. The highest BCUT2D eigenvalue weighted by Crippen LogP contribution is 2.36. The lowest BCUT2D eigenvalue weighted by molar-refractivity contribution is 0.0980. The van der Waals surface area contributed by atoms with E-state index in [0.29, 0.717) is 18.7 Å². The Kier molecular flexibility index (Phi) is 3.33. The summed E-state index contributed by atoms with van der Waals surface area (Å²) in [4.78, 5) is 13.8. The zero-order chi connectivity index (χ0) is 15.0. The maximum atomic E-state index is 13.8. The van der Waals surface area contributed by atoms with Crippen LogP contribution in [0.25, 0.3) is 0 Å². The number of hydrogen-bond donors (Lipinski definition) is 1. The van der Waals surface area contributed by atoms with E-state index in [1.807, 2.05) is 6.07 Å². The van der Waals surface area contributed by atoms with Gasteiger partial charge in [0.1, 0.15) is 17.4 Å². The lowest BCUT2D eigenvalue weighted by Crippen LogP contribution is -2.36. The molecule has 0 unspecified atom stereocenters. The van der Waals surface area contributed by atoms with Crippen LogP contribution in [0.3, 0.4) is 0 Å². The molecule has 0 saturated heterocycles. The zero-order valence-corrected chi connectivity index (χ0v) is 11.1. The number of phenols is 1. The third kappa shape index (κ3) is 2.35. The molecule has 1 aliphatic rings. The maximum absolute atomic E-state index is 13.8. The highest BCUT2D eigenvalue weighted by molar-refractivity contribution is 6.07. The molecule has 1 amide bonds. The number of fused-ring (bicyclic) bond motifs is 1. The Balaban J connectivity index is 2.06. The summed E-state index contributed by atoms with van der Waals surface area (Å²) < 4.78 is 27.0. The quantitative estimate of drug-likeness (QED) is 0.875. The van der Waals surface area contributed by atoms with Gasteiger partial charge in [-0.2, -0.15) is 0 Å². The second kappa shape index (κ2) is 5.16. The number of nitrogens with zero attached hydrogens (tertiary/aromatic N) is 1. The van der Waals surface area contributed by atoms with Crippen LogP contribution in [0.2, 0.25) is 0 Å². The fourth-order valence-electron chi connectivity index (χ4n) is 2.64. The van der Waals surface area contributed by atoms with Crippen LogP contribution in [-0.2, 0) is 6.42 Å². The minimum absolute atomic E-state index is 0.0302. The number of carbonyl (C=O) groups excluding carboxylic acids is 1. The van der Waals surface area contributed by atoms with E-state index >= 15 is 0 Å². The van der Waals surface area contributed by atoms with Crippen LogP contribution in [0.5, 0.6) is 5.75 Å². The van der Waals surface area contributed by atoms with Crippen LogP contribution in [0, 0.1) is 11.6 Å². The smallest absolute Gasteiger partial charge is 0.261 e. The molecule has 0 fully saturated rings. The Morgan fingerprint density at radius 2 is 2.00 bits per heavy atom. The Morgan fingerprint density at radius 1 is 1.19 bits per heavy atom. The van der Waals surface area contributed by atoms with Crippen molar-refractivity contribution in [1.29, 1.82) is 0 Å². The van der Waals surface area contributed by atoms with E-state index < -0.39 is 17.5 Å². The third-order valence-electron chi connectivity index (χ3n) is 3.60. The second-order valence-electron chi connectivity index (χ2n) is 4.97. The monoisotopic (exact) mass is 289 g/mol. The molecule has 0 saturated carbocycles. The summed E-state index contributed by atoms with van der Waals surface area (Å²) in [6, 6.07) is 7.77. The molecule has 1 N–H and O–H groups in total. The SMILES string of the molecule is O=C(c1cc(F)ccc1F)N1CCCc2cccc(O)c21. The van der Waals surface area contributed by atoms with E-state index in [2.05, 4.69) is 0 Å². The predicted octanol–water partition coefficient (Wildman–Crippen LogP) is 3.26. The van der Waals surface area contributed by atoms with Crippen LogP contribution < -0.4 is 4.90 Å². The summed E-state index contributed by atoms with van der Waals surface area (Å²) >= 11 is 0. The molecule has 0 bridgehead atoms. The number of anilines is 1. The van der Waals surface area contributed by atoms with Crippen LogP contribution in [0.15, 0.2) is 36.4 Å². The minimum atomic E-state index is -0.774. The van der Waals surface area contributed by atoms with Crippen molar-refractivity contribution in [3.63, 3.8) is 0 Å². The Hall–Kier alpha value is -2.43. The van der Waals surface area contributed by atoms with Gasteiger partial charge in [0.15, 0.2) is 0 Å². The van der Waals surface area contributed by atoms with E-state index in [9.17, 15) is 18.7 Å². The number of amides is 1. The fourth-order valence-corrected chi connectivity index (χ4v) is 2.64. The standard InChI is InChI=1S/C16H13F2NO2/c17-11-6-7-13(18)12(9-11)16(21)19-8-2-4-10-3-1-5-14(20)15(10)19/h1,3,5-7,9,20H,2,4,8H2. The van der Waals surface area contributed by atoms with Gasteiger partial charge in [0.2, 0.25) is 0 Å². The summed E-state index contributed by atoms with van der Waals surface area (Å²) in [5, 5.41) is 9.98. The number of carbonyl (C=O) groups is 1. The summed E-state index contributed by atoms with van der Waals surface area (Å²) in [6.07, 6.45) is 1.44. The summed E-state index contributed by atoms with van der Waals surface area (Å²) in [6.45, 7) is 0.360. The summed E-state index contributed by atoms with van der Waals surface area (Å²) in [5.41, 5.74) is 0.884. The molecular formula is C16H13F2NO2. The highest BCUT2D eigenvalue weighted by Gasteiger charge is 2.28. The summed E-state index contributed by atoms with van der Waals surface area (Å²) in [5.74, 6) is -2.12. The van der Waals surface area contributed by atoms with Crippen LogP contribution >= 0.6 is 0 Å². The topological polar surface area (TPSA) is 40.5 Å². The molecule has 3 nitrogen and oxygen atoms in total. The van der Waals surface area contributed by atoms with Crippen molar-refractivity contribution in [2.24, 2.45) is 0 Å². The average Bonchev–Trinajstić information content (AvgIpc) is 2.49. The first kappa shape index (κ1) is 13.5. The minimum Gasteiger partial charge on any atom is -0.506 e. The number of rotatable bonds is 1. The number of para-hydroxylation sites is 1. The number of hydrogen-bond acceptors (Lipinski definition) is 2. The number of phenolic OH excluding ortho intramolecular Hbond substituents is 1. The maximum Gasteiger partial charge on any atom is 0.261 e. The molecule has 3 rings (SSSR count). The molecular weight excluding hydrogens is 276 g/mol. The molecule has 0 aromatic heterocycles. The number of aryl methyl sites for hydroxylation is 1. The van der Waals surface area contributed by atoms with E-state index in [-0.39, 0.29) is 11.3 Å². The Labute approximate surface area is 120 Å². The first-order valence-electron chi connectivity index (χ1n) is 6.65. The highest BCUT2D eigenvalue weighted by atomic mass is 19.1. The van der Waals surface area contributed by atoms with Gasteiger partial charge in [0, 0.05) is 6.54 Å². The molecule has 0 radical (unpaired) electrons. The molecule has 21 heavy (non-hydrogen) atoms. The second-order valence-corrected chi connectivity index (χ2v) is 4.97. The molecule has 0 spiro atoms. The van der Waals surface area contributed by atoms with Gasteiger partial charge in [-0.15, -0.1) is 0 Å². The molecule has 1 aliphatic heterocycles.